The van der Waals surface area contributed by atoms with Gasteiger partial charge in [0.1, 0.15) is 0 Å². The van der Waals surface area contributed by atoms with Crippen LogP contribution >= 0.6 is 11.6 Å². The van der Waals surface area contributed by atoms with Crippen LogP contribution < -0.4 is 10.2 Å². The minimum Gasteiger partial charge on any atom is -0.354 e. The van der Waals surface area contributed by atoms with Crippen LogP contribution in [0.1, 0.15) is 40.5 Å². The molecule has 2 rings (SSSR count). The number of rotatable bonds is 2. The summed E-state index contributed by atoms with van der Waals surface area (Å²) in [4.78, 5) is 2.17. The monoisotopic (exact) mass is 282 g/mol. The van der Waals surface area contributed by atoms with Crippen LogP contribution in [0, 0.1) is 0 Å². The lowest BCUT2D eigenvalue weighted by Crippen LogP contribution is -2.62. The van der Waals surface area contributed by atoms with Crippen LogP contribution in [0.2, 0.25) is 5.02 Å². The Kier molecular flexibility index (Phi) is 3.76. The van der Waals surface area contributed by atoms with Crippen molar-refractivity contribution in [2.24, 2.45) is 0 Å². The van der Waals surface area contributed by atoms with Crippen molar-refractivity contribution < 1.29 is 0 Å². The molecule has 1 aliphatic rings. The van der Waals surface area contributed by atoms with Gasteiger partial charge in [-0.1, -0.05) is 11.6 Å². The predicted molar refractivity (Wildman–Crippen MR) is 79.8 cm³/mol. The molecule has 0 amide bonds. The minimum absolute atomic E-state index is 0.107. The fourth-order valence-electron chi connectivity index (χ4n) is 3.26. The molecular weight excluding hydrogens is 260 g/mol. The van der Waals surface area contributed by atoms with E-state index in [-0.39, 0.29) is 11.1 Å². The van der Waals surface area contributed by atoms with Gasteiger partial charge in [-0.2, -0.15) is 5.10 Å². The lowest BCUT2D eigenvalue weighted by Gasteiger charge is -2.49. The SMILES string of the molecule is CN(c1nnccc1Cl)C1CC(C)(C)NC(C)(C)C1. The van der Waals surface area contributed by atoms with Gasteiger partial charge in [0.25, 0.3) is 0 Å². The van der Waals surface area contributed by atoms with Gasteiger partial charge < -0.3 is 10.2 Å². The van der Waals surface area contributed by atoms with Gasteiger partial charge in [0.2, 0.25) is 0 Å². The van der Waals surface area contributed by atoms with E-state index in [4.69, 9.17) is 11.6 Å². The van der Waals surface area contributed by atoms with Crippen molar-refractivity contribution in [3.8, 4) is 0 Å². The average Bonchev–Trinajstić information content (AvgIpc) is 2.24. The maximum Gasteiger partial charge on any atom is 0.170 e. The largest absolute Gasteiger partial charge is 0.354 e. The lowest BCUT2D eigenvalue weighted by atomic mass is 9.79. The van der Waals surface area contributed by atoms with Gasteiger partial charge in [0.15, 0.2) is 5.82 Å². The third-order valence-corrected chi connectivity index (χ3v) is 4.00. The fourth-order valence-corrected chi connectivity index (χ4v) is 3.49. The van der Waals surface area contributed by atoms with Gasteiger partial charge in [-0.25, -0.2) is 0 Å². The van der Waals surface area contributed by atoms with Crippen molar-refractivity contribution in [2.45, 2.75) is 57.7 Å². The summed E-state index contributed by atoms with van der Waals surface area (Å²) in [5.74, 6) is 0.766. The Bertz CT molecular complexity index is 443. The Labute approximate surface area is 120 Å². The molecular formula is C14H23ClN4. The second kappa shape index (κ2) is 4.91. The molecule has 1 fully saturated rings. The second-order valence-electron chi connectivity index (χ2n) is 6.77. The van der Waals surface area contributed by atoms with Crippen LogP contribution in [-0.4, -0.2) is 34.4 Å². The molecule has 1 saturated heterocycles. The highest BCUT2D eigenvalue weighted by Gasteiger charge is 2.39. The van der Waals surface area contributed by atoms with E-state index >= 15 is 0 Å². The summed E-state index contributed by atoms with van der Waals surface area (Å²) in [5, 5.41) is 12.5. The van der Waals surface area contributed by atoms with Crippen molar-refractivity contribution in [3.63, 3.8) is 0 Å². The van der Waals surface area contributed by atoms with E-state index in [0.29, 0.717) is 11.1 Å². The Morgan fingerprint density at radius 2 is 1.84 bits per heavy atom. The first-order valence-electron chi connectivity index (χ1n) is 6.70. The molecule has 0 atom stereocenters. The van der Waals surface area contributed by atoms with Crippen molar-refractivity contribution in [1.82, 2.24) is 15.5 Å². The number of aromatic nitrogens is 2. The highest BCUT2D eigenvalue weighted by molar-refractivity contribution is 6.32. The normalized spacial score (nSPS) is 22.2. The van der Waals surface area contributed by atoms with Crippen LogP contribution in [0.3, 0.4) is 0 Å². The zero-order valence-electron chi connectivity index (χ0n) is 12.4. The molecule has 0 spiro atoms. The molecule has 1 aromatic rings. The van der Waals surface area contributed by atoms with Crippen LogP contribution in [0.15, 0.2) is 12.3 Å². The van der Waals surface area contributed by atoms with Crippen molar-refractivity contribution in [3.05, 3.63) is 17.3 Å². The number of nitrogens with one attached hydrogen (secondary N) is 1. The van der Waals surface area contributed by atoms with Gasteiger partial charge >= 0.3 is 0 Å². The number of anilines is 1. The lowest BCUT2D eigenvalue weighted by molar-refractivity contribution is 0.160. The highest BCUT2D eigenvalue weighted by atomic mass is 35.5. The summed E-state index contributed by atoms with van der Waals surface area (Å²) < 4.78 is 0. The van der Waals surface area contributed by atoms with E-state index in [2.05, 4.69) is 55.2 Å². The number of nitrogens with zero attached hydrogens (tertiary/aromatic N) is 3. The zero-order chi connectivity index (χ0) is 14.3. The van der Waals surface area contributed by atoms with Crippen molar-refractivity contribution in [1.29, 1.82) is 0 Å². The summed E-state index contributed by atoms with van der Waals surface area (Å²) in [5.41, 5.74) is 0.213. The first kappa shape index (κ1) is 14.5. The summed E-state index contributed by atoms with van der Waals surface area (Å²) in [6.45, 7) is 8.97. The zero-order valence-corrected chi connectivity index (χ0v) is 13.1. The quantitative estimate of drug-likeness (QED) is 0.906. The van der Waals surface area contributed by atoms with E-state index < -0.39 is 0 Å². The van der Waals surface area contributed by atoms with Crippen LogP contribution in [-0.2, 0) is 0 Å². The van der Waals surface area contributed by atoms with E-state index in [0.717, 1.165) is 18.7 Å². The molecule has 1 aromatic heterocycles. The average molecular weight is 283 g/mol. The van der Waals surface area contributed by atoms with E-state index in [1.165, 1.54) is 0 Å². The van der Waals surface area contributed by atoms with Gasteiger partial charge in [0.05, 0.1) is 11.2 Å². The standard InChI is InChI=1S/C14H23ClN4/c1-13(2)8-10(9-14(3,4)18-13)19(5)12-11(15)6-7-16-17-12/h6-7,10,18H,8-9H2,1-5H3. The molecule has 0 radical (unpaired) electrons. The molecule has 0 aliphatic carbocycles. The van der Waals surface area contributed by atoms with E-state index in [1.54, 1.807) is 12.3 Å². The minimum atomic E-state index is 0.107. The van der Waals surface area contributed by atoms with Crippen LogP contribution in [0.4, 0.5) is 5.82 Å². The Morgan fingerprint density at radius 1 is 1.26 bits per heavy atom. The third-order valence-electron chi connectivity index (χ3n) is 3.70. The second-order valence-corrected chi connectivity index (χ2v) is 7.18. The summed E-state index contributed by atoms with van der Waals surface area (Å²) in [6.07, 6.45) is 3.73. The fraction of sp³-hybridized carbons (Fsp3) is 0.714. The first-order valence-corrected chi connectivity index (χ1v) is 7.07. The summed E-state index contributed by atoms with van der Waals surface area (Å²) in [6, 6.07) is 2.19. The van der Waals surface area contributed by atoms with E-state index in [1.807, 2.05) is 0 Å². The molecule has 1 N–H and O–H groups in total. The highest BCUT2D eigenvalue weighted by Crippen LogP contribution is 2.34. The smallest absolute Gasteiger partial charge is 0.170 e. The van der Waals surface area contributed by atoms with Gasteiger partial charge in [-0.3, -0.25) is 0 Å². The summed E-state index contributed by atoms with van der Waals surface area (Å²) >= 11 is 6.22. The van der Waals surface area contributed by atoms with E-state index in [9.17, 15) is 0 Å². The Hall–Kier alpha value is -0.870. The first-order chi connectivity index (χ1) is 8.70. The molecule has 1 aliphatic heterocycles. The molecule has 106 valence electrons. The topological polar surface area (TPSA) is 41.1 Å². The number of piperidine rings is 1. The molecule has 0 bridgehead atoms. The summed E-state index contributed by atoms with van der Waals surface area (Å²) in [7, 11) is 2.05. The number of halogens is 1. The van der Waals surface area contributed by atoms with Gasteiger partial charge in [-0.05, 0) is 46.6 Å². The van der Waals surface area contributed by atoms with Crippen molar-refractivity contribution >= 4 is 17.4 Å². The molecule has 4 nitrogen and oxygen atoms in total. The molecule has 19 heavy (non-hydrogen) atoms. The maximum absolute atomic E-state index is 6.22. The molecule has 2 heterocycles. The maximum atomic E-state index is 6.22. The van der Waals surface area contributed by atoms with Crippen LogP contribution in [0.5, 0.6) is 0 Å². The van der Waals surface area contributed by atoms with Gasteiger partial charge in [0, 0.05) is 24.2 Å². The molecule has 0 unspecified atom stereocenters. The molecule has 0 saturated carbocycles. The molecule has 0 aromatic carbocycles. The molecule has 5 heteroatoms. The third kappa shape index (κ3) is 3.37. The van der Waals surface area contributed by atoms with Gasteiger partial charge in [-0.15, -0.1) is 5.10 Å². The Balaban J connectivity index is 2.24. The predicted octanol–water partition coefficient (Wildman–Crippen LogP) is 2.88. The van der Waals surface area contributed by atoms with Crippen molar-refractivity contribution in [2.75, 3.05) is 11.9 Å². The van der Waals surface area contributed by atoms with Crippen LogP contribution in [0.25, 0.3) is 0 Å². The number of hydrogen-bond donors (Lipinski definition) is 1. The Morgan fingerprint density at radius 3 is 2.37 bits per heavy atom. The number of hydrogen-bond acceptors (Lipinski definition) is 4.